The molecule has 1 aliphatic rings. The summed E-state index contributed by atoms with van der Waals surface area (Å²) in [6, 6.07) is 5.82. The van der Waals surface area contributed by atoms with Gasteiger partial charge in [-0.25, -0.2) is 8.42 Å². The molecule has 23 heavy (non-hydrogen) atoms. The molecule has 1 aromatic carbocycles. The van der Waals surface area contributed by atoms with E-state index < -0.39 is 22.0 Å². The Bertz CT molecular complexity index is 864. The lowest BCUT2D eigenvalue weighted by molar-refractivity contribution is -0.142. The standard InChI is InChI=1S/C16H18N2O4S/c1-11-9-12-5-4-7-14(15(12)17-10-11)23(21,22)18-8-3-2-6-13(18)16(19)20/h4-5,7,9-10,13H,2-3,6,8H2,1H3,(H,19,20). The van der Waals surface area contributed by atoms with Gasteiger partial charge in [0, 0.05) is 18.1 Å². The molecular weight excluding hydrogens is 316 g/mol. The molecule has 3 rings (SSSR count). The smallest absolute Gasteiger partial charge is 0.322 e. The van der Waals surface area contributed by atoms with E-state index in [0.717, 1.165) is 21.7 Å². The van der Waals surface area contributed by atoms with Crippen molar-refractivity contribution in [3.05, 3.63) is 36.0 Å². The molecule has 0 spiro atoms. The fourth-order valence-corrected chi connectivity index (χ4v) is 4.83. The maximum atomic E-state index is 13.0. The molecular formula is C16H18N2O4S. The Hall–Kier alpha value is -1.99. The molecule has 0 amide bonds. The maximum absolute atomic E-state index is 13.0. The number of aliphatic carboxylic acids is 1. The Kier molecular flexibility index (Phi) is 4.08. The lowest BCUT2D eigenvalue weighted by Crippen LogP contribution is -2.47. The third-order valence-corrected chi connectivity index (χ3v) is 6.08. The zero-order valence-electron chi connectivity index (χ0n) is 12.8. The fraction of sp³-hybridized carbons (Fsp3) is 0.375. The quantitative estimate of drug-likeness (QED) is 0.929. The van der Waals surface area contributed by atoms with Crippen LogP contribution < -0.4 is 0 Å². The van der Waals surface area contributed by atoms with Gasteiger partial charge in [0.25, 0.3) is 0 Å². The second-order valence-corrected chi connectivity index (χ2v) is 7.67. The zero-order chi connectivity index (χ0) is 16.6. The molecule has 7 heteroatoms. The van der Waals surface area contributed by atoms with Gasteiger partial charge in [0.1, 0.15) is 10.9 Å². The summed E-state index contributed by atoms with van der Waals surface area (Å²) < 4.78 is 27.2. The highest BCUT2D eigenvalue weighted by Crippen LogP contribution is 2.29. The maximum Gasteiger partial charge on any atom is 0.322 e. The van der Waals surface area contributed by atoms with Crippen molar-refractivity contribution < 1.29 is 18.3 Å². The van der Waals surface area contributed by atoms with Crippen LogP contribution in [0.15, 0.2) is 35.4 Å². The van der Waals surface area contributed by atoms with Gasteiger partial charge in [-0.2, -0.15) is 4.31 Å². The van der Waals surface area contributed by atoms with Crippen molar-refractivity contribution in [3.8, 4) is 0 Å². The van der Waals surface area contributed by atoms with Crippen LogP contribution in [-0.2, 0) is 14.8 Å². The number of hydrogen-bond donors (Lipinski definition) is 1. The summed E-state index contributed by atoms with van der Waals surface area (Å²) in [7, 11) is -3.91. The monoisotopic (exact) mass is 334 g/mol. The highest BCUT2D eigenvalue weighted by atomic mass is 32.2. The van der Waals surface area contributed by atoms with Gasteiger partial charge in [0.15, 0.2) is 0 Å². The van der Waals surface area contributed by atoms with Crippen LogP contribution in [0, 0.1) is 6.92 Å². The Labute approximate surface area is 134 Å². The molecule has 1 aromatic heterocycles. The first-order chi connectivity index (χ1) is 10.9. The molecule has 1 saturated heterocycles. The van der Waals surface area contributed by atoms with Gasteiger partial charge in [-0.1, -0.05) is 12.1 Å². The van der Waals surface area contributed by atoms with Crippen LogP contribution in [0.25, 0.3) is 10.9 Å². The SMILES string of the molecule is Cc1cnc2c(S(=O)(=O)N3CCCCC3C(=O)O)cccc2c1. The minimum atomic E-state index is -3.91. The van der Waals surface area contributed by atoms with Crippen LogP contribution in [0.4, 0.5) is 0 Å². The van der Waals surface area contributed by atoms with Crippen molar-refractivity contribution in [2.75, 3.05) is 6.54 Å². The van der Waals surface area contributed by atoms with E-state index in [1.165, 1.54) is 6.07 Å². The van der Waals surface area contributed by atoms with E-state index in [2.05, 4.69) is 4.98 Å². The van der Waals surface area contributed by atoms with Crippen LogP contribution in [-0.4, -0.2) is 41.4 Å². The molecule has 1 fully saturated rings. The van der Waals surface area contributed by atoms with Gasteiger partial charge in [-0.15, -0.1) is 0 Å². The summed E-state index contributed by atoms with van der Waals surface area (Å²) in [5.74, 6) is -1.10. The van der Waals surface area contributed by atoms with Crippen molar-refractivity contribution in [1.29, 1.82) is 0 Å². The number of nitrogens with zero attached hydrogens (tertiary/aromatic N) is 2. The zero-order valence-corrected chi connectivity index (χ0v) is 13.6. The van der Waals surface area contributed by atoms with Crippen molar-refractivity contribution in [2.45, 2.75) is 37.1 Å². The number of aryl methyl sites for hydroxylation is 1. The minimum Gasteiger partial charge on any atom is -0.480 e. The Morgan fingerprint density at radius 3 is 2.87 bits per heavy atom. The van der Waals surface area contributed by atoms with E-state index in [1.54, 1.807) is 18.3 Å². The molecule has 1 aliphatic heterocycles. The molecule has 6 nitrogen and oxygen atoms in total. The normalized spacial score (nSPS) is 19.8. The fourth-order valence-electron chi connectivity index (χ4n) is 3.02. The molecule has 1 N–H and O–H groups in total. The number of carboxylic acids is 1. The van der Waals surface area contributed by atoms with Crippen LogP contribution in [0.3, 0.4) is 0 Å². The topological polar surface area (TPSA) is 87.6 Å². The number of benzene rings is 1. The van der Waals surface area contributed by atoms with Gasteiger partial charge < -0.3 is 5.11 Å². The molecule has 0 aliphatic carbocycles. The number of fused-ring (bicyclic) bond motifs is 1. The average molecular weight is 334 g/mol. The molecule has 122 valence electrons. The largest absolute Gasteiger partial charge is 0.480 e. The lowest BCUT2D eigenvalue weighted by atomic mass is 10.1. The van der Waals surface area contributed by atoms with Gasteiger partial charge in [-0.05, 0) is 43.9 Å². The number of para-hydroxylation sites is 1. The third kappa shape index (κ3) is 2.82. The summed E-state index contributed by atoms with van der Waals surface area (Å²) in [4.78, 5) is 15.8. The van der Waals surface area contributed by atoms with Crippen molar-refractivity contribution in [2.24, 2.45) is 0 Å². The average Bonchev–Trinajstić information content (AvgIpc) is 2.53. The number of aromatic nitrogens is 1. The Balaban J connectivity index is 2.14. The molecule has 2 aromatic rings. The van der Waals surface area contributed by atoms with Crippen molar-refractivity contribution in [1.82, 2.24) is 9.29 Å². The summed E-state index contributed by atoms with van der Waals surface area (Å²) >= 11 is 0. The second-order valence-electron chi connectivity index (χ2n) is 5.81. The summed E-state index contributed by atoms with van der Waals surface area (Å²) in [6.45, 7) is 2.11. The van der Waals surface area contributed by atoms with E-state index in [1.807, 2.05) is 13.0 Å². The summed E-state index contributed by atoms with van der Waals surface area (Å²) in [5, 5.41) is 10.1. The number of hydrogen-bond acceptors (Lipinski definition) is 4. The minimum absolute atomic E-state index is 0.0724. The van der Waals surface area contributed by atoms with Gasteiger partial charge in [-0.3, -0.25) is 9.78 Å². The number of rotatable bonds is 3. The van der Waals surface area contributed by atoms with E-state index >= 15 is 0 Å². The molecule has 2 heterocycles. The highest BCUT2D eigenvalue weighted by molar-refractivity contribution is 7.89. The molecule has 1 unspecified atom stereocenters. The first kappa shape index (κ1) is 15.9. The van der Waals surface area contributed by atoms with Crippen LogP contribution in [0.2, 0.25) is 0 Å². The Morgan fingerprint density at radius 1 is 1.35 bits per heavy atom. The molecule has 0 saturated carbocycles. The second kappa shape index (κ2) is 5.90. The van der Waals surface area contributed by atoms with Crippen molar-refractivity contribution >= 4 is 26.9 Å². The van der Waals surface area contributed by atoms with E-state index in [0.29, 0.717) is 18.4 Å². The number of piperidine rings is 1. The first-order valence-electron chi connectivity index (χ1n) is 7.51. The molecule has 1 atom stereocenters. The van der Waals surface area contributed by atoms with E-state index in [9.17, 15) is 18.3 Å². The van der Waals surface area contributed by atoms with Crippen LogP contribution in [0.1, 0.15) is 24.8 Å². The Morgan fingerprint density at radius 2 is 2.13 bits per heavy atom. The first-order valence-corrected chi connectivity index (χ1v) is 8.95. The summed E-state index contributed by atoms with van der Waals surface area (Å²) in [5.41, 5.74) is 1.32. The number of sulfonamides is 1. The number of pyridine rings is 1. The highest BCUT2D eigenvalue weighted by Gasteiger charge is 2.38. The lowest BCUT2D eigenvalue weighted by Gasteiger charge is -2.32. The van der Waals surface area contributed by atoms with Crippen molar-refractivity contribution in [3.63, 3.8) is 0 Å². The predicted octanol–water partition coefficient (Wildman–Crippen LogP) is 2.17. The predicted molar refractivity (Wildman–Crippen MR) is 85.6 cm³/mol. The van der Waals surface area contributed by atoms with Gasteiger partial charge in [0.05, 0.1) is 5.52 Å². The van der Waals surface area contributed by atoms with Crippen LogP contribution >= 0.6 is 0 Å². The van der Waals surface area contributed by atoms with Gasteiger partial charge in [0.2, 0.25) is 10.0 Å². The summed E-state index contributed by atoms with van der Waals surface area (Å²) in [6.07, 6.45) is 3.34. The molecule has 0 radical (unpaired) electrons. The molecule has 0 bridgehead atoms. The van der Waals surface area contributed by atoms with Crippen LogP contribution in [0.5, 0.6) is 0 Å². The number of carbonyl (C=O) groups is 1. The number of carboxylic acid groups (broad SMARTS) is 1. The van der Waals surface area contributed by atoms with E-state index in [4.69, 9.17) is 0 Å². The third-order valence-electron chi connectivity index (χ3n) is 4.14. The van der Waals surface area contributed by atoms with E-state index in [-0.39, 0.29) is 11.4 Å². The van der Waals surface area contributed by atoms with Gasteiger partial charge >= 0.3 is 5.97 Å².